The van der Waals surface area contributed by atoms with Crippen LogP contribution in [0.1, 0.15) is 31.2 Å². The molecule has 1 saturated carbocycles. The van der Waals surface area contributed by atoms with Crippen LogP contribution in [0.4, 0.5) is 4.39 Å². The quantitative estimate of drug-likeness (QED) is 0.256. The molecule has 1 heterocycles. The summed E-state index contributed by atoms with van der Waals surface area (Å²) in [5.41, 5.74) is 2.68. The Morgan fingerprint density at radius 2 is 1.90 bits per heavy atom. The maximum atomic E-state index is 14.2. The van der Waals surface area contributed by atoms with E-state index in [9.17, 15) is 4.39 Å². The van der Waals surface area contributed by atoms with Crippen molar-refractivity contribution in [3.63, 3.8) is 0 Å². The highest BCUT2D eigenvalue weighted by atomic mass is 127. The Morgan fingerprint density at radius 3 is 2.62 bits per heavy atom. The number of benzene rings is 2. The molecule has 5 nitrogen and oxygen atoms in total. The van der Waals surface area contributed by atoms with Crippen molar-refractivity contribution in [2.45, 2.75) is 31.6 Å². The molecule has 0 atom stereocenters. The van der Waals surface area contributed by atoms with Gasteiger partial charge in [-0.15, -0.1) is 24.0 Å². The second kappa shape index (κ2) is 9.56. The Morgan fingerprint density at radius 1 is 1.14 bits per heavy atom. The summed E-state index contributed by atoms with van der Waals surface area (Å²) in [5, 5.41) is 6.64. The molecule has 2 aromatic carbocycles. The number of guanidine groups is 1. The molecular weight excluding hydrogens is 480 g/mol. The summed E-state index contributed by atoms with van der Waals surface area (Å²) in [6.45, 7) is 4.13. The minimum absolute atomic E-state index is 0. The van der Waals surface area contributed by atoms with Gasteiger partial charge >= 0.3 is 0 Å². The van der Waals surface area contributed by atoms with Gasteiger partial charge in [0.15, 0.2) is 5.96 Å². The number of aromatic nitrogens is 2. The Bertz CT molecular complexity index is 947. The monoisotopic (exact) mass is 507 g/mol. The molecule has 0 spiro atoms. The van der Waals surface area contributed by atoms with E-state index in [0.29, 0.717) is 6.54 Å². The van der Waals surface area contributed by atoms with Gasteiger partial charge in [-0.25, -0.2) is 9.37 Å². The molecule has 1 aliphatic carbocycles. The minimum atomic E-state index is -0.146. The number of imidazole rings is 1. The number of aliphatic imine (C=N–C) groups is 1. The number of hydrogen-bond donors (Lipinski definition) is 3. The van der Waals surface area contributed by atoms with Crippen molar-refractivity contribution in [2.24, 2.45) is 4.99 Å². The van der Waals surface area contributed by atoms with Crippen LogP contribution in [0, 0.1) is 5.82 Å². The van der Waals surface area contributed by atoms with Crippen LogP contribution in [0.15, 0.2) is 53.5 Å². The largest absolute Gasteiger partial charge is 0.357 e. The van der Waals surface area contributed by atoms with E-state index in [0.717, 1.165) is 60.7 Å². The third-order valence-corrected chi connectivity index (χ3v) is 5.28. The summed E-state index contributed by atoms with van der Waals surface area (Å²) in [7, 11) is 0. The number of hydrogen-bond acceptors (Lipinski definition) is 2. The van der Waals surface area contributed by atoms with Crippen LogP contribution in [0.5, 0.6) is 0 Å². The molecule has 3 N–H and O–H groups in total. The van der Waals surface area contributed by atoms with E-state index in [-0.39, 0.29) is 35.2 Å². The summed E-state index contributed by atoms with van der Waals surface area (Å²) in [6.07, 6.45) is 2.74. The fraction of sp³-hybridized carbons (Fsp3) is 0.364. The number of nitrogens with one attached hydrogen (secondary N) is 3. The predicted octanol–water partition coefficient (Wildman–Crippen LogP) is 4.15. The number of para-hydroxylation sites is 2. The molecule has 0 radical (unpaired) electrons. The van der Waals surface area contributed by atoms with Crippen LogP contribution >= 0.6 is 24.0 Å². The van der Waals surface area contributed by atoms with Crippen molar-refractivity contribution in [2.75, 3.05) is 19.6 Å². The number of aromatic amines is 1. The minimum Gasteiger partial charge on any atom is -0.357 e. The number of H-pyrrole nitrogens is 1. The normalized spacial score (nSPS) is 15.0. The van der Waals surface area contributed by atoms with Crippen LogP contribution < -0.4 is 10.6 Å². The maximum absolute atomic E-state index is 14.2. The molecule has 3 aromatic rings. The van der Waals surface area contributed by atoms with E-state index in [4.69, 9.17) is 4.99 Å². The molecule has 1 aromatic heterocycles. The Labute approximate surface area is 187 Å². The highest BCUT2D eigenvalue weighted by molar-refractivity contribution is 14.0. The summed E-state index contributed by atoms with van der Waals surface area (Å²) in [5.74, 6) is 1.59. The first kappa shape index (κ1) is 21.5. The SMILES string of the molecule is CCNC(=NCC1(c2ccccc2F)CC1)NCCc1nc2ccccc2[nH]1.I. The van der Waals surface area contributed by atoms with Gasteiger partial charge in [0, 0.05) is 24.9 Å². The summed E-state index contributed by atoms with van der Waals surface area (Å²) in [6, 6.07) is 15.1. The van der Waals surface area contributed by atoms with Gasteiger partial charge in [0.1, 0.15) is 11.6 Å². The van der Waals surface area contributed by atoms with Crippen molar-refractivity contribution in [3.8, 4) is 0 Å². The molecule has 1 aliphatic rings. The van der Waals surface area contributed by atoms with Crippen LogP contribution in [0.25, 0.3) is 11.0 Å². The Kier molecular flexibility index (Phi) is 7.10. The first-order chi connectivity index (χ1) is 13.7. The average molecular weight is 507 g/mol. The zero-order chi connectivity index (χ0) is 19.4. The van der Waals surface area contributed by atoms with Gasteiger partial charge in [-0.2, -0.15) is 0 Å². The van der Waals surface area contributed by atoms with E-state index >= 15 is 0 Å². The van der Waals surface area contributed by atoms with Gasteiger partial charge in [0.2, 0.25) is 0 Å². The molecule has 0 unspecified atom stereocenters. The molecular formula is C22H27FIN5. The summed E-state index contributed by atoms with van der Waals surface area (Å²) < 4.78 is 14.2. The zero-order valence-electron chi connectivity index (χ0n) is 16.5. The van der Waals surface area contributed by atoms with E-state index in [1.807, 2.05) is 43.3 Å². The van der Waals surface area contributed by atoms with Gasteiger partial charge in [0.25, 0.3) is 0 Å². The highest BCUT2D eigenvalue weighted by Gasteiger charge is 2.45. The fourth-order valence-electron chi connectivity index (χ4n) is 3.55. The smallest absolute Gasteiger partial charge is 0.191 e. The molecule has 0 aliphatic heterocycles. The van der Waals surface area contributed by atoms with E-state index < -0.39 is 0 Å². The lowest BCUT2D eigenvalue weighted by Crippen LogP contribution is -2.39. The molecule has 29 heavy (non-hydrogen) atoms. The van der Waals surface area contributed by atoms with Crippen LogP contribution in [0.2, 0.25) is 0 Å². The van der Waals surface area contributed by atoms with Gasteiger partial charge in [-0.1, -0.05) is 30.3 Å². The average Bonchev–Trinajstić information content (AvgIpc) is 3.37. The molecule has 1 fully saturated rings. The summed E-state index contributed by atoms with van der Waals surface area (Å²) >= 11 is 0. The van der Waals surface area contributed by atoms with Crippen molar-refractivity contribution >= 4 is 41.0 Å². The maximum Gasteiger partial charge on any atom is 0.191 e. The van der Waals surface area contributed by atoms with E-state index in [2.05, 4.69) is 20.6 Å². The molecule has 154 valence electrons. The number of halogens is 2. The predicted molar refractivity (Wildman–Crippen MR) is 127 cm³/mol. The van der Waals surface area contributed by atoms with Crippen LogP contribution in [-0.2, 0) is 11.8 Å². The van der Waals surface area contributed by atoms with E-state index in [1.54, 1.807) is 6.07 Å². The Hall–Kier alpha value is -2.16. The number of nitrogens with zero attached hydrogens (tertiary/aromatic N) is 2. The van der Waals surface area contributed by atoms with Gasteiger partial charge < -0.3 is 15.6 Å². The molecule has 4 rings (SSSR count). The van der Waals surface area contributed by atoms with Crippen LogP contribution in [0.3, 0.4) is 0 Å². The lowest BCUT2D eigenvalue weighted by Gasteiger charge is -2.16. The van der Waals surface area contributed by atoms with E-state index in [1.165, 1.54) is 6.07 Å². The first-order valence-electron chi connectivity index (χ1n) is 9.91. The second-order valence-electron chi connectivity index (χ2n) is 7.33. The first-order valence-corrected chi connectivity index (χ1v) is 9.91. The Balaban J connectivity index is 0.00000240. The van der Waals surface area contributed by atoms with Gasteiger partial charge in [-0.3, -0.25) is 4.99 Å². The number of fused-ring (bicyclic) bond motifs is 1. The van der Waals surface area contributed by atoms with Crippen LogP contribution in [-0.4, -0.2) is 35.6 Å². The third-order valence-electron chi connectivity index (χ3n) is 5.28. The lowest BCUT2D eigenvalue weighted by molar-refractivity contribution is 0.572. The summed E-state index contributed by atoms with van der Waals surface area (Å²) in [4.78, 5) is 12.7. The van der Waals surface area contributed by atoms with Crippen molar-refractivity contribution < 1.29 is 4.39 Å². The highest BCUT2D eigenvalue weighted by Crippen LogP contribution is 2.49. The molecule has 0 bridgehead atoms. The molecule has 7 heteroatoms. The lowest BCUT2D eigenvalue weighted by atomic mass is 9.95. The van der Waals surface area contributed by atoms with Gasteiger partial charge in [0.05, 0.1) is 17.6 Å². The molecule has 0 saturated heterocycles. The second-order valence-corrected chi connectivity index (χ2v) is 7.33. The standard InChI is InChI=1S/C22H26FN5.HI/c1-2-24-21(25-14-11-20-27-18-9-5-6-10-19(18)28-20)26-15-22(12-13-22)16-7-3-4-8-17(16)23;/h3-10H,2,11-15H2,1H3,(H,27,28)(H2,24,25,26);1H. The fourth-order valence-corrected chi connectivity index (χ4v) is 3.55. The molecule has 0 amide bonds. The zero-order valence-corrected chi connectivity index (χ0v) is 18.9. The number of rotatable bonds is 7. The van der Waals surface area contributed by atoms with Gasteiger partial charge in [-0.05, 0) is 43.5 Å². The van der Waals surface area contributed by atoms with Crippen molar-refractivity contribution in [3.05, 3.63) is 65.7 Å². The van der Waals surface area contributed by atoms with Crippen molar-refractivity contribution in [1.82, 2.24) is 20.6 Å². The third kappa shape index (κ3) is 5.07. The van der Waals surface area contributed by atoms with Crippen molar-refractivity contribution in [1.29, 1.82) is 0 Å². The topological polar surface area (TPSA) is 65.1 Å².